The lowest BCUT2D eigenvalue weighted by Crippen LogP contribution is -1.96. The van der Waals surface area contributed by atoms with E-state index in [4.69, 9.17) is 9.84 Å². The summed E-state index contributed by atoms with van der Waals surface area (Å²) in [5, 5.41) is 9.10. The summed E-state index contributed by atoms with van der Waals surface area (Å²) in [6.07, 6.45) is 3.40. The molecular weight excluding hydrogens is 218 g/mol. The quantitative estimate of drug-likeness (QED) is 0.882. The van der Waals surface area contributed by atoms with E-state index in [0.717, 1.165) is 11.3 Å². The highest BCUT2D eigenvalue weighted by Gasteiger charge is 2.13. The summed E-state index contributed by atoms with van der Waals surface area (Å²) in [4.78, 5) is 11.1. The second-order valence-electron chi connectivity index (χ2n) is 3.78. The predicted molar refractivity (Wildman–Crippen MR) is 64.4 cm³/mol. The molecule has 0 aliphatic carbocycles. The number of carbonyl (C=O) groups is 1. The molecule has 1 heterocycles. The molecule has 2 rings (SSSR count). The lowest BCUT2D eigenvalue weighted by molar-refractivity contribution is 0.0697. The monoisotopic (exact) mass is 231 g/mol. The Labute approximate surface area is 99.1 Å². The lowest BCUT2D eigenvalue weighted by atomic mass is 10.0. The van der Waals surface area contributed by atoms with Crippen molar-refractivity contribution in [3.63, 3.8) is 0 Å². The van der Waals surface area contributed by atoms with Gasteiger partial charge in [0.25, 0.3) is 0 Å². The SMILES string of the molecule is COc1ccc(-c2cn(C)cc2C(=O)O)cc1. The first-order valence-corrected chi connectivity index (χ1v) is 5.15. The van der Waals surface area contributed by atoms with Crippen LogP contribution in [0, 0.1) is 0 Å². The number of benzene rings is 1. The number of nitrogens with zero attached hydrogens (tertiary/aromatic N) is 1. The molecule has 2 aromatic rings. The zero-order valence-corrected chi connectivity index (χ0v) is 9.68. The van der Waals surface area contributed by atoms with Crippen molar-refractivity contribution in [2.45, 2.75) is 0 Å². The van der Waals surface area contributed by atoms with Crippen molar-refractivity contribution in [2.75, 3.05) is 7.11 Å². The molecule has 17 heavy (non-hydrogen) atoms. The van der Waals surface area contributed by atoms with Crippen molar-refractivity contribution < 1.29 is 14.6 Å². The van der Waals surface area contributed by atoms with E-state index in [0.29, 0.717) is 11.1 Å². The largest absolute Gasteiger partial charge is 0.497 e. The number of carboxylic acid groups (broad SMARTS) is 1. The Kier molecular flexibility index (Phi) is 2.87. The molecule has 0 aliphatic heterocycles. The molecule has 0 aliphatic rings. The van der Waals surface area contributed by atoms with Crippen molar-refractivity contribution in [3.05, 3.63) is 42.2 Å². The van der Waals surface area contributed by atoms with E-state index in [2.05, 4.69) is 0 Å². The van der Waals surface area contributed by atoms with Gasteiger partial charge in [0.2, 0.25) is 0 Å². The van der Waals surface area contributed by atoms with E-state index in [1.54, 1.807) is 31.1 Å². The number of rotatable bonds is 3. The van der Waals surface area contributed by atoms with Crippen LogP contribution >= 0.6 is 0 Å². The van der Waals surface area contributed by atoms with Crippen molar-refractivity contribution in [1.29, 1.82) is 0 Å². The number of aryl methyl sites for hydroxylation is 1. The van der Waals surface area contributed by atoms with Gasteiger partial charge in [-0.3, -0.25) is 0 Å². The molecule has 0 amide bonds. The third kappa shape index (κ3) is 2.15. The van der Waals surface area contributed by atoms with Gasteiger partial charge in [0.1, 0.15) is 5.75 Å². The normalized spacial score (nSPS) is 10.2. The summed E-state index contributed by atoms with van der Waals surface area (Å²) in [6, 6.07) is 7.32. The summed E-state index contributed by atoms with van der Waals surface area (Å²) in [5.41, 5.74) is 1.88. The van der Waals surface area contributed by atoms with Gasteiger partial charge in [-0.25, -0.2) is 4.79 Å². The first-order valence-electron chi connectivity index (χ1n) is 5.15. The van der Waals surface area contributed by atoms with Crippen LogP contribution in [0.1, 0.15) is 10.4 Å². The van der Waals surface area contributed by atoms with Gasteiger partial charge in [-0.05, 0) is 17.7 Å². The van der Waals surface area contributed by atoms with Gasteiger partial charge in [-0.2, -0.15) is 0 Å². The zero-order valence-electron chi connectivity index (χ0n) is 9.68. The summed E-state index contributed by atoms with van der Waals surface area (Å²) in [6.45, 7) is 0. The van der Waals surface area contributed by atoms with Gasteiger partial charge in [-0.1, -0.05) is 12.1 Å². The molecule has 88 valence electrons. The molecule has 1 N–H and O–H groups in total. The second kappa shape index (κ2) is 4.33. The topological polar surface area (TPSA) is 51.5 Å². The Bertz CT molecular complexity index is 540. The Morgan fingerprint density at radius 3 is 2.41 bits per heavy atom. The van der Waals surface area contributed by atoms with Gasteiger partial charge in [0.05, 0.1) is 12.7 Å². The standard InChI is InChI=1S/C13H13NO3/c1-14-7-11(12(8-14)13(15)16)9-3-5-10(17-2)6-4-9/h3-8H,1-2H3,(H,15,16). The number of carboxylic acids is 1. The molecule has 0 fully saturated rings. The maximum Gasteiger partial charge on any atom is 0.337 e. The van der Waals surface area contributed by atoms with E-state index in [-0.39, 0.29) is 0 Å². The van der Waals surface area contributed by atoms with E-state index < -0.39 is 5.97 Å². The summed E-state index contributed by atoms with van der Waals surface area (Å²) in [7, 11) is 3.40. The molecule has 0 bridgehead atoms. The van der Waals surface area contributed by atoms with Crippen LogP contribution in [0.25, 0.3) is 11.1 Å². The molecule has 0 radical (unpaired) electrons. The maximum absolute atomic E-state index is 11.1. The Morgan fingerprint density at radius 1 is 1.24 bits per heavy atom. The molecule has 4 nitrogen and oxygen atoms in total. The van der Waals surface area contributed by atoms with Gasteiger partial charge in [-0.15, -0.1) is 0 Å². The summed E-state index contributed by atoms with van der Waals surface area (Å²) in [5.74, 6) is -0.169. The first kappa shape index (κ1) is 11.3. The fraction of sp³-hybridized carbons (Fsp3) is 0.154. The van der Waals surface area contributed by atoms with Crippen molar-refractivity contribution >= 4 is 5.97 Å². The van der Waals surface area contributed by atoms with Gasteiger partial charge in [0.15, 0.2) is 0 Å². The van der Waals surface area contributed by atoms with Crippen LogP contribution in [0.3, 0.4) is 0 Å². The van der Waals surface area contributed by atoms with Crippen LogP contribution in [0.5, 0.6) is 5.75 Å². The highest BCUT2D eigenvalue weighted by Crippen LogP contribution is 2.26. The summed E-state index contributed by atoms with van der Waals surface area (Å²) < 4.78 is 6.81. The molecule has 0 saturated carbocycles. The second-order valence-corrected chi connectivity index (χ2v) is 3.78. The van der Waals surface area contributed by atoms with Crippen LogP contribution < -0.4 is 4.74 Å². The van der Waals surface area contributed by atoms with Crippen LogP contribution in [0.2, 0.25) is 0 Å². The third-order valence-electron chi connectivity index (χ3n) is 2.59. The van der Waals surface area contributed by atoms with Gasteiger partial charge in [0, 0.05) is 25.0 Å². The van der Waals surface area contributed by atoms with E-state index in [9.17, 15) is 4.79 Å². The Hall–Kier alpha value is -2.23. The molecule has 0 spiro atoms. The lowest BCUT2D eigenvalue weighted by Gasteiger charge is -2.02. The van der Waals surface area contributed by atoms with Crippen LogP contribution in [0.15, 0.2) is 36.7 Å². The van der Waals surface area contributed by atoms with E-state index in [1.807, 2.05) is 24.3 Å². The van der Waals surface area contributed by atoms with E-state index >= 15 is 0 Å². The average Bonchev–Trinajstić information content (AvgIpc) is 2.72. The number of hydrogen-bond donors (Lipinski definition) is 1. The highest BCUT2D eigenvalue weighted by atomic mass is 16.5. The fourth-order valence-electron chi connectivity index (χ4n) is 1.75. The number of hydrogen-bond acceptors (Lipinski definition) is 2. The highest BCUT2D eigenvalue weighted by molar-refractivity contribution is 5.96. The molecule has 0 atom stereocenters. The minimum Gasteiger partial charge on any atom is -0.497 e. The number of aromatic carboxylic acids is 1. The summed E-state index contributed by atoms with van der Waals surface area (Å²) >= 11 is 0. The van der Waals surface area contributed by atoms with Crippen molar-refractivity contribution in [2.24, 2.45) is 7.05 Å². The molecule has 0 unspecified atom stereocenters. The Balaban J connectivity index is 2.48. The van der Waals surface area contributed by atoms with E-state index in [1.165, 1.54) is 0 Å². The van der Waals surface area contributed by atoms with Gasteiger partial charge >= 0.3 is 5.97 Å². The van der Waals surface area contributed by atoms with Crippen LogP contribution in [-0.2, 0) is 7.05 Å². The fourth-order valence-corrected chi connectivity index (χ4v) is 1.75. The first-order chi connectivity index (χ1) is 8.11. The van der Waals surface area contributed by atoms with Crippen molar-refractivity contribution in [3.8, 4) is 16.9 Å². The Morgan fingerprint density at radius 2 is 1.88 bits per heavy atom. The number of ether oxygens (including phenoxy) is 1. The predicted octanol–water partition coefficient (Wildman–Crippen LogP) is 2.40. The molecule has 1 aromatic heterocycles. The number of aromatic nitrogens is 1. The molecule has 4 heteroatoms. The third-order valence-corrected chi connectivity index (χ3v) is 2.59. The van der Waals surface area contributed by atoms with Crippen molar-refractivity contribution in [1.82, 2.24) is 4.57 Å². The molecule has 0 saturated heterocycles. The van der Waals surface area contributed by atoms with Crippen LogP contribution in [-0.4, -0.2) is 22.8 Å². The minimum atomic E-state index is -0.920. The van der Waals surface area contributed by atoms with Gasteiger partial charge < -0.3 is 14.4 Å². The number of methoxy groups -OCH3 is 1. The molecular formula is C13H13NO3. The minimum absolute atomic E-state index is 0.303. The zero-order chi connectivity index (χ0) is 12.4. The molecule has 1 aromatic carbocycles. The van der Waals surface area contributed by atoms with Crippen LogP contribution in [0.4, 0.5) is 0 Å². The maximum atomic E-state index is 11.1. The smallest absolute Gasteiger partial charge is 0.337 e. The average molecular weight is 231 g/mol.